The van der Waals surface area contributed by atoms with Gasteiger partial charge in [-0.1, -0.05) is 19.1 Å². The smallest absolute Gasteiger partial charge is 0.191 e. The van der Waals surface area contributed by atoms with Crippen LogP contribution >= 0.6 is 24.0 Å². The zero-order chi connectivity index (χ0) is 16.2. The number of nitrogens with zero attached hydrogens (tertiary/aromatic N) is 1. The van der Waals surface area contributed by atoms with Crippen LogP contribution < -0.4 is 10.6 Å². The number of halogens is 1. The van der Waals surface area contributed by atoms with Crippen LogP contribution in [-0.4, -0.2) is 45.0 Å². The Labute approximate surface area is 157 Å². The molecular formula is C16H30IN3O2S. The molecule has 3 unspecified atom stereocenters. The molecule has 7 heteroatoms. The van der Waals surface area contributed by atoms with E-state index in [-0.39, 0.29) is 29.9 Å². The molecule has 0 bridgehead atoms. The monoisotopic (exact) mass is 455 g/mol. The van der Waals surface area contributed by atoms with E-state index in [9.17, 15) is 8.42 Å². The van der Waals surface area contributed by atoms with Crippen molar-refractivity contribution < 1.29 is 8.42 Å². The Hall–Kier alpha value is -0.310. The number of rotatable bonds is 5. The van der Waals surface area contributed by atoms with Crippen molar-refractivity contribution in [1.82, 2.24) is 10.6 Å². The summed E-state index contributed by atoms with van der Waals surface area (Å²) in [5.74, 6) is 2.38. The van der Waals surface area contributed by atoms with Gasteiger partial charge in [-0.15, -0.1) is 24.0 Å². The Kier molecular flexibility index (Phi) is 8.33. The third-order valence-electron chi connectivity index (χ3n) is 4.43. The first-order chi connectivity index (χ1) is 10.3. The summed E-state index contributed by atoms with van der Waals surface area (Å²) in [4.78, 5) is 4.55. The fourth-order valence-corrected chi connectivity index (χ4v) is 5.03. The van der Waals surface area contributed by atoms with Crippen LogP contribution in [0.5, 0.6) is 0 Å². The molecule has 0 amide bonds. The maximum Gasteiger partial charge on any atom is 0.191 e. The predicted octanol–water partition coefficient (Wildman–Crippen LogP) is 2.34. The molecule has 2 aliphatic rings. The van der Waals surface area contributed by atoms with Crippen molar-refractivity contribution >= 4 is 39.8 Å². The lowest BCUT2D eigenvalue weighted by Gasteiger charge is -2.19. The maximum atomic E-state index is 11.5. The molecule has 1 saturated carbocycles. The SMILES string of the molecule is C=C(C)CN=C(NCC1CCS(=O)(=O)C1)NC1CCC(C)C1.I. The Morgan fingerprint density at radius 3 is 2.57 bits per heavy atom. The highest BCUT2D eigenvalue weighted by Gasteiger charge is 2.28. The topological polar surface area (TPSA) is 70.6 Å². The summed E-state index contributed by atoms with van der Waals surface area (Å²) in [6.45, 7) is 9.40. The molecule has 1 saturated heterocycles. The minimum absolute atomic E-state index is 0. The van der Waals surface area contributed by atoms with Gasteiger partial charge in [0.1, 0.15) is 0 Å². The number of guanidine groups is 1. The van der Waals surface area contributed by atoms with E-state index in [0.29, 0.717) is 30.6 Å². The van der Waals surface area contributed by atoms with E-state index >= 15 is 0 Å². The third-order valence-corrected chi connectivity index (χ3v) is 6.26. The van der Waals surface area contributed by atoms with Gasteiger partial charge in [0.2, 0.25) is 0 Å². The van der Waals surface area contributed by atoms with E-state index in [2.05, 4.69) is 29.1 Å². The number of sulfone groups is 1. The van der Waals surface area contributed by atoms with E-state index < -0.39 is 9.84 Å². The van der Waals surface area contributed by atoms with Gasteiger partial charge < -0.3 is 10.6 Å². The highest BCUT2D eigenvalue weighted by atomic mass is 127. The zero-order valence-corrected chi connectivity index (χ0v) is 17.3. The minimum atomic E-state index is -2.81. The van der Waals surface area contributed by atoms with Gasteiger partial charge in [-0.05, 0) is 44.4 Å². The normalized spacial score (nSPS) is 29.8. The first kappa shape index (κ1) is 20.7. The average Bonchev–Trinajstić information content (AvgIpc) is 2.98. The molecule has 2 rings (SSSR count). The Morgan fingerprint density at radius 1 is 1.30 bits per heavy atom. The lowest BCUT2D eigenvalue weighted by Crippen LogP contribution is -2.44. The molecule has 0 aromatic rings. The summed E-state index contributed by atoms with van der Waals surface area (Å²) in [7, 11) is -2.81. The molecule has 3 atom stereocenters. The molecule has 0 aromatic carbocycles. The van der Waals surface area contributed by atoms with Crippen molar-refractivity contribution in [1.29, 1.82) is 0 Å². The fraction of sp³-hybridized carbons (Fsp3) is 0.812. The van der Waals surface area contributed by atoms with Crippen LogP contribution in [0, 0.1) is 11.8 Å². The molecule has 0 radical (unpaired) electrons. The summed E-state index contributed by atoms with van der Waals surface area (Å²) >= 11 is 0. The second-order valence-electron chi connectivity index (χ2n) is 7.03. The molecule has 0 spiro atoms. The Balaban J connectivity index is 0.00000264. The van der Waals surface area contributed by atoms with Gasteiger partial charge in [-0.2, -0.15) is 0 Å². The summed E-state index contributed by atoms with van der Waals surface area (Å²) in [6, 6.07) is 0.471. The van der Waals surface area contributed by atoms with Crippen molar-refractivity contribution in [2.45, 2.75) is 45.6 Å². The fourth-order valence-electron chi connectivity index (χ4n) is 3.17. The zero-order valence-electron chi connectivity index (χ0n) is 14.2. The van der Waals surface area contributed by atoms with Crippen molar-refractivity contribution in [3.8, 4) is 0 Å². The lowest BCUT2D eigenvalue weighted by molar-refractivity contribution is 0.542. The summed E-state index contributed by atoms with van der Waals surface area (Å²) in [5.41, 5.74) is 1.02. The van der Waals surface area contributed by atoms with E-state index in [4.69, 9.17) is 0 Å². The first-order valence-corrected chi connectivity index (χ1v) is 10.1. The largest absolute Gasteiger partial charge is 0.356 e. The van der Waals surface area contributed by atoms with Gasteiger partial charge in [0, 0.05) is 12.6 Å². The second-order valence-corrected chi connectivity index (χ2v) is 9.26. The molecule has 1 heterocycles. The Morgan fingerprint density at radius 2 is 2.04 bits per heavy atom. The maximum absolute atomic E-state index is 11.5. The number of hydrogen-bond acceptors (Lipinski definition) is 3. The molecule has 23 heavy (non-hydrogen) atoms. The van der Waals surface area contributed by atoms with Crippen LogP contribution in [0.15, 0.2) is 17.1 Å². The molecule has 0 aromatic heterocycles. The van der Waals surface area contributed by atoms with Gasteiger partial charge in [-0.3, -0.25) is 0 Å². The lowest BCUT2D eigenvalue weighted by atomic mass is 10.1. The first-order valence-electron chi connectivity index (χ1n) is 8.23. The van der Waals surface area contributed by atoms with Crippen molar-refractivity contribution in [3.05, 3.63) is 12.2 Å². The molecule has 1 aliphatic carbocycles. The van der Waals surface area contributed by atoms with Crippen molar-refractivity contribution in [2.75, 3.05) is 24.6 Å². The second kappa shape index (κ2) is 9.25. The minimum Gasteiger partial charge on any atom is -0.356 e. The molecule has 5 nitrogen and oxygen atoms in total. The van der Waals surface area contributed by atoms with Gasteiger partial charge in [0.05, 0.1) is 18.1 Å². The molecule has 2 N–H and O–H groups in total. The van der Waals surface area contributed by atoms with E-state index in [1.807, 2.05) is 6.92 Å². The van der Waals surface area contributed by atoms with E-state index in [1.165, 1.54) is 19.3 Å². The van der Waals surface area contributed by atoms with E-state index in [1.54, 1.807) is 0 Å². The summed E-state index contributed by atoms with van der Waals surface area (Å²) < 4.78 is 23.1. The van der Waals surface area contributed by atoms with Crippen molar-refractivity contribution in [3.63, 3.8) is 0 Å². The summed E-state index contributed by atoms with van der Waals surface area (Å²) in [5, 5.41) is 6.82. The highest BCUT2D eigenvalue weighted by molar-refractivity contribution is 14.0. The molecule has 1 aliphatic heterocycles. The molecule has 134 valence electrons. The number of nitrogens with one attached hydrogen (secondary N) is 2. The van der Waals surface area contributed by atoms with Crippen LogP contribution in [0.25, 0.3) is 0 Å². The highest BCUT2D eigenvalue weighted by Crippen LogP contribution is 2.24. The van der Waals surface area contributed by atoms with Gasteiger partial charge in [0.25, 0.3) is 0 Å². The van der Waals surface area contributed by atoms with Crippen LogP contribution in [-0.2, 0) is 9.84 Å². The standard InChI is InChI=1S/C16H29N3O2S.HI/c1-12(2)9-17-16(19-15-5-4-13(3)8-15)18-10-14-6-7-22(20,21)11-14;/h13-15H,1,4-11H2,2-3H3,(H2,17,18,19);1H. The van der Waals surface area contributed by atoms with Gasteiger partial charge >= 0.3 is 0 Å². The van der Waals surface area contributed by atoms with E-state index in [0.717, 1.165) is 23.9 Å². The molecular weight excluding hydrogens is 425 g/mol. The summed E-state index contributed by atoms with van der Waals surface area (Å²) in [6.07, 6.45) is 4.36. The van der Waals surface area contributed by atoms with Crippen LogP contribution in [0.3, 0.4) is 0 Å². The molecule has 2 fully saturated rings. The van der Waals surface area contributed by atoms with Crippen LogP contribution in [0.4, 0.5) is 0 Å². The quantitative estimate of drug-likeness (QED) is 0.289. The number of hydrogen-bond donors (Lipinski definition) is 2. The van der Waals surface area contributed by atoms with Crippen LogP contribution in [0.2, 0.25) is 0 Å². The predicted molar refractivity (Wildman–Crippen MR) is 107 cm³/mol. The Bertz CT molecular complexity index is 533. The van der Waals surface area contributed by atoms with Crippen LogP contribution in [0.1, 0.15) is 39.5 Å². The third kappa shape index (κ3) is 7.41. The number of aliphatic imine (C=N–C) groups is 1. The average molecular weight is 455 g/mol. The van der Waals surface area contributed by atoms with Crippen molar-refractivity contribution in [2.24, 2.45) is 16.8 Å². The van der Waals surface area contributed by atoms with Gasteiger partial charge in [0.15, 0.2) is 15.8 Å². The van der Waals surface area contributed by atoms with Gasteiger partial charge in [-0.25, -0.2) is 13.4 Å².